The van der Waals surface area contributed by atoms with E-state index in [4.69, 9.17) is 27.9 Å². The van der Waals surface area contributed by atoms with Gasteiger partial charge in [0.2, 0.25) is 0 Å². The van der Waals surface area contributed by atoms with Crippen molar-refractivity contribution in [3.63, 3.8) is 0 Å². The molecule has 0 aliphatic heterocycles. The fourth-order valence-corrected chi connectivity index (χ4v) is 3.23. The van der Waals surface area contributed by atoms with Crippen molar-refractivity contribution in [3.05, 3.63) is 33.8 Å². The standard InChI is InChI=1S/C16H19Cl2NO3/c1-10-5-2-3-8-13(10)19-14(20)9-22-16(21)15-11(17)6-4-7-12(15)18/h4,6-7,10,13H,2-3,5,8-9H2,1H3,(H,19,20)/t10-,13+/m1/s1. The maximum absolute atomic E-state index is 12.0. The summed E-state index contributed by atoms with van der Waals surface area (Å²) in [6.07, 6.45) is 4.40. The third kappa shape index (κ3) is 4.37. The second-order valence-corrected chi connectivity index (χ2v) is 6.42. The number of nitrogens with one attached hydrogen (secondary N) is 1. The minimum absolute atomic E-state index is 0.0877. The number of benzene rings is 1. The number of ether oxygens (including phenoxy) is 1. The summed E-state index contributed by atoms with van der Waals surface area (Å²) in [5.74, 6) is -0.538. The van der Waals surface area contributed by atoms with E-state index in [-0.39, 0.29) is 34.2 Å². The van der Waals surface area contributed by atoms with E-state index < -0.39 is 5.97 Å². The highest BCUT2D eigenvalue weighted by Crippen LogP contribution is 2.25. The first-order valence-corrected chi connectivity index (χ1v) is 8.15. The van der Waals surface area contributed by atoms with Gasteiger partial charge in [-0.15, -0.1) is 0 Å². The number of esters is 1. The Morgan fingerprint density at radius 3 is 2.50 bits per heavy atom. The van der Waals surface area contributed by atoms with Gasteiger partial charge < -0.3 is 10.1 Å². The fourth-order valence-electron chi connectivity index (χ4n) is 2.68. The van der Waals surface area contributed by atoms with Crippen LogP contribution in [0.3, 0.4) is 0 Å². The molecule has 0 heterocycles. The molecule has 1 aliphatic carbocycles. The van der Waals surface area contributed by atoms with Crippen LogP contribution in [-0.4, -0.2) is 24.5 Å². The molecular formula is C16H19Cl2NO3. The van der Waals surface area contributed by atoms with Crippen LogP contribution in [-0.2, 0) is 9.53 Å². The maximum Gasteiger partial charge on any atom is 0.341 e. The number of amides is 1. The third-order valence-corrected chi connectivity index (χ3v) is 4.59. The van der Waals surface area contributed by atoms with Crippen LogP contribution in [0, 0.1) is 5.92 Å². The topological polar surface area (TPSA) is 55.4 Å². The van der Waals surface area contributed by atoms with E-state index in [2.05, 4.69) is 12.2 Å². The van der Waals surface area contributed by atoms with Crippen molar-refractivity contribution in [1.29, 1.82) is 0 Å². The van der Waals surface area contributed by atoms with Gasteiger partial charge in [-0.1, -0.05) is 49.0 Å². The molecule has 120 valence electrons. The van der Waals surface area contributed by atoms with Crippen LogP contribution in [0.2, 0.25) is 10.0 Å². The minimum Gasteiger partial charge on any atom is -0.452 e. The quantitative estimate of drug-likeness (QED) is 0.845. The van der Waals surface area contributed by atoms with Gasteiger partial charge in [-0.3, -0.25) is 4.79 Å². The molecule has 1 N–H and O–H groups in total. The van der Waals surface area contributed by atoms with E-state index in [1.165, 1.54) is 6.42 Å². The third-order valence-electron chi connectivity index (χ3n) is 3.96. The summed E-state index contributed by atoms with van der Waals surface area (Å²) in [5.41, 5.74) is 0.0877. The first-order valence-electron chi connectivity index (χ1n) is 7.39. The lowest BCUT2D eigenvalue weighted by Crippen LogP contribution is -2.42. The molecule has 0 unspecified atom stereocenters. The zero-order chi connectivity index (χ0) is 16.1. The van der Waals surface area contributed by atoms with Crippen LogP contribution < -0.4 is 5.32 Å². The van der Waals surface area contributed by atoms with Gasteiger partial charge in [-0.05, 0) is 30.9 Å². The fraction of sp³-hybridized carbons (Fsp3) is 0.500. The van der Waals surface area contributed by atoms with Gasteiger partial charge in [0.1, 0.15) is 0 Å². The van der Waals surface area contributed by atoms with Gasteiger partial charge in [-0.2, -0.15) is 0 Å². The molecule has 0 spiro atoms. The Kier molecular flexibility index (Phi) is 6.09. The second kappa shape index (κ2) is 7.84. The first-order chi connectivity index (χ1) is 10.5. The zero-order valence-corrected chi connectivity index (χ0v) is 13.9. The van der Waals surface area contributed by atoms with Crippen LogP contribution in [0.15, 0.2) is 18.2 Å². The molecule has 1 aliphatic rings. The number of carbonyl (C=O) groups is 2. The lowest BCUT2D eigenvalue weighted by Gasteiger charge is -2.29. The molecule has 6 heteroatoms. The molecule has 1 fully saturated rings. The summed E-state index contributed by atoms with van der Waals surface area (Å²) in [7, 11) is 0. The van der Waals surface area contributed by atoms with Crippen molar-refractivity contribution in [2.45, 2.75) is 38.6 Å². The Morgan fingerprint density at radius 1 is 1.23 bits per heavy atom. The van der Waals surface area contributed by atoms with E-state index >= 15 is 0 Å². The molecule has 0 saturated heterocycles. The molecule has 0 aromatic heterocycles. The van der Waals surface area contributed by atoms with Gasteiger partial charge in [-0.25, -0.2) is 4.79 Å². The molecule has 0 bridgehead atoms. The summed E-state index contributed by atoms with van der Waals surface area (Å²) >= 11 is 11.9. The van der Waals surface area contributed by atoms with Crippen molar-refractivity contribution in [2.75, 3.05) is 6.61 Å². The van der Waals surface area contributed by atoms with Gasteiger partial charge in [0.15, 0.2) is 6.61 Å². The van der Waals surface area contributed by atoms with Crippen LogP contribution in [0.4, 0.5) is 0 Å². The SMILES string of the molecule is C[C@@H]1CCCC[C@@H]1NC(=O)COC(=O)c1c(Cl)cccc1Cl. The van der Waals surface area contributed by atoms with Gasteiger partial charge >= 0.3 is 5.97 Å². The monoisotopic (exact) mass is 343 g/mol. The highest BCUT2D eigenvalue weighted by Gasteiger charge is 2.23. The second-order valence-electron chi connectivity index (χ2n) is 5.61. The predicted octanol–water partition coefficient (Wildman–Crippen LogP) is 3.85. The summed E-state index contributed by atoms with van der Waals surface area (Å²) < 4.78 is 5.01. The molecule has 1 aromatic carbocycles. The molecule has 1 aromatic rings. The van der Waals surface area contributed by atoms with Gasteiger partial charge in [0, 0.05) is 6.04 Å². The summed E-state index contributed by atoms with van der Waals surface area (Å²) in [4.78, 5) is 23.9. The Morgan fingerprint density at radius 2 is 1.86 bits per heavy atom. The van der Waals surface area contributed by atoms with E-state index in [1.54, 1.807) is 18.2 Å². The molecule has 22 heavy (non-hydrogen) atoms. The lowest BCUT2D eigenvalue weighted by molar-refractivity contribution is -0.125. The summed E-state index contributed by atoms with van der Waals surface area (Å²) in [6, 6.07) is 4.89. The number of carbonyl (C=O) groups excluding carboxylic acids is 2. The Labute approximate surface area is 140 Å². The zero-order valence-electron chi connectivity index (χ0n) is 12.4. The molecule has 1 amide bonds. The van der Waals surface area contributed by atoms with Crippen molar-refractivity contribution in [3.8, 4) is 0 Å². The number of hydrogen-bond donors (Lipinski definition) is 1. The summed E-state index contributed by atoms with van der Waals surface area (Å²) in [5, 5.41) is 3.34. The van der Waals surface area contributed by atoms with Crippen LogP contribution in [0.1, 0.15) is 43.0 Å². The van der Waals surface area contributed by atoms with E-state index in [0.717, 1.165) is 19.3 Å². The molecule has 2 atom stereocenters. The molecule has 0 radical (unpaired) electrons. The van der Waals surface area contributed by atoms with Crippen molar-refractivity contribution in [2.24, 2.45) is 5.92 Å². The number of halogens is 2. The average molecular weight is 344 g/mol. The van der Waals surface area contributed by atoms with Crippen molar-refractivity contribution in [1.82, 2.24) is 5.32 Å². The minimum atomic E-state index is -0.692. The smallest absolute Gasteiger partial charge is 0.341 e. The van der Waals surface area contributed by atoms with Gasteiger partial charge in [0.25, 0.3) is 5.91 Å². The van der Waals surface area contributed by atoms with E-state index in [0.29, 0.717) is 5.92 Å². The van der Waals surface area contributed by atoms with Gasteiger partial charge in [0.05, 0.1) is 15.6 Å². The van der Waals surface area contributed by atoms with Crippen molar-refractivity contribution < 1.29 is 14.3 Å². The highest BCUT2D eigenvalue weighted by molar-refractivity contribution is 6.39. The molecule has 4 nitrogen and oxygen atoms in total. The predicted molar refractivity (Wildman–Crippen MR) is 86.3 cm³/mol. The van der Waals surface area contributed by atoms with E-state index in [1.807, 2.05) is 0 Å². The maximum atomic E-state index is 12.0. The largest absolute Gasteiger partial charge is 0.452 e. The van der Waals surface area contributed by atoms with Crippen LogP contribution in [0.5, 0.6) is 0 Å². The summed E-state index contributed by atoms with van der Waals surface area (Å²) in [6.45, 7) is 1.79. The number of hydrogen-bond acceptors (Lipinski definition) is 3. The lowest BCUT2D eigenvalue weighted by atomic mass is 9.86. The van der Waals surface area contributed by atoms with Crippen LogP contribution in [0.25, 0.3) is 0 Å². The number of rotatable bonds is 4. The van der Waals surface area contributed by atoms with Crippen LogP contribution >= 0.6 is 23.2 Å². The molecule has 2 rings (SSSR count). The van der Waals surface area contributed by atoms with Crippen molar-refractivity contribution >= 4 is 35.1 Å². The first kappa shape index (κ1) is 17.1. The highest BCUT2D eigenvalue weighted by atomic mass is 35.5. The Hall–Kier alpha value is -1.26. The molecule has 1 saturated carbocycles. The normalized spacial score (nSPS) is 21.2. The molecular weight excluding hydrogens is 325 g/mol. The average Bonchev–Trinajstić information content (AvgIpc) is 2.47. The van der Waals surface area contributed by atoms with E-state index in [9.17, 15) is 9.59 Å². The Balaban J connectivity index is 1.87. The Bertz CT molecular complexity index is 542.